The monoisotopic (exact) mass is 351 g/mol. The maximum absolute atomic E-state index is 5.91. The summed E-state index contributed by atoms with van der Waals surface area (Å²) >= 11 is 0. The van der Waals surface area contributed by atoms with E-state index in [4.69, 9.17) is 4.42 Å². The second-order valence-electron chi connectivity index (χ2n) is 5.92. The van der Waals surface area contributed by atoms with Crippen molar-refractivity contribution in [2.75, 3.05) is 6.54 Å². The third-order valence-corrected chi connectivity index (χ3v) is 4.27. The molecule has 0 aliphatic heterocycles. The van der Waals surface area contributed by atoms with Crippen LogP contribution in [0.5, 0.6) is 0 Å². The molecular weight excluding hydrogens is 332 g/mol. The van der Waals surface area contributed by atoms with Gasteiger partial charge < -0.3 is 27.1 Å². The van der Waals surface area contributed by atoms with Crippen molar-refractivity contribution in [1.82, 2.24) is 10.3 Å². The highest BCUT2D eigenvalue weighted by Gasteiger charge is 2.05. The Balaban J connectivity index is 0.00000182. The zero-order valence-electron chi connectivity index (χ0n) is 13.8. The highest BCUT2D eigenvalue weighted by Crippen LogP contribution is 2.21. The lowest BCUT2D eigenvalue weighted by Crippen LogP contribution is -3.00. The molecular formula is C21H20ClN2O-. The molecule has 2 aromatic carbocycles. The molecule has 0 radical (unpaired) electrons. The molecule has 2 aromatic heterocycles. The van der Waals surface area contributed by atoms with Gasteiger partial charge in [-0.15, -0.1) is 0 Å². The highest BCUT2D eigenvalue weighted by atomic mass is 35.5. The maximum Gasteiger partial charge on any atom is 0.134 e. The molecule has 0 atom stereocenters. The molecule has 0 unspecified atom stereocenters. The van der Waals surface area contributed by atoms with Crippen LogP contribution in [0.2, 0.25) is 0 Å². The number of nitrogens with one attached hydrogen (secondary N) is 2. The van der Waals surface area contributed by atoms with Gasteiger partial charge in [0.1, 0.15) is 11.5 Å². The molecule has 2 N–H and O–H groups in total. The summed E-state index contributed by atoms with van der Waals surface area (Å²) in [6.07, 6.45) is 3.10. The smallest absolute Gasteiger partial charge is 0.134 e. The fourth-order valence-electron chi connectivity index (χ4n) is 3.00. The number of hydrogen-bond donors (Lipinski definition) is 2. The summed E-state index contributed by atoms with van der Waals surface area (Å²) in [6.45, 7) is 1.67. The lowest BCUT2D eigenvalue weighted by Gasteiger charge is -2.02. The normalized spacial score (nSPS) is 10.7. The van der Waals surface area contributed by atoms with E-state index in [1.54, 1.807) is 0 Å². The zero-order valence-corrected chi connectivity index (χ0v) is 14.6. The lowest BCUT2D eigenvalue weighted by atomic mass is 10.1. The number of fused-ring (bicyclic) bond motifs is 1. The molecule has 4 rings (SSSR count). The van der Waals surface area contributed by atoms with E-state index in [0.29, 0.717) is 0 Å². The van der Waals surface area contributed by atoms with Gasteiger partial charge in [-0.2, -0.15) is 0 Å². The number of H-pyrrole nitrogens is 1. The second-order valence-corrected chi connectivity index (χ2v) is 5.92. The van der Waals surface area contributed by atoms with Crippen LogP contribution in [0.3, 0.4) is 0 Å². The summed E-state index contributed by atoms with van der Waals surface area (Å²) in [5.74, 6) is 1.89. The van der Waals surface area contributed by atoms with Crippen LogP contribution in [-0.4, -0.2) is 11.5 Å². The number of furan rings is 1. The molecule has 0 bridgehead atoms. The van der Waals surface area contributed by atoms with Gasteiger partial charge in [-0.3, -0.25) is 0 Å². The number of aromatic amines is 1. The maximum atomic E-state index is 5.91. The van der Waals surface area contributed by atoms with Gasteiger partial charge in [0.2, 0.25) is 0 Å². The average Bonchev–Trinajstić information content (AvgIpc) is 3.27. The van der Waals surface area contributed by atoms with E-state index in [9.17, 15) is 0 Å². The number of hydrogen-bond acceptors (Lipinski definition) is 2. The van der Waals surface area contributed by atoms with E-state index in [1.165, 1.54) is 16.5 Å². The van der Waals surface area contributed by atoms with E-state index < -0.39 is 0 Å². The van der Waals surface area contributed by atoms with E-state index in [-0.39, 0.29) is 12.4 Å². The summed E-state index contributed by atoms with van der Waals surface area (Å²) in [5, 5.41) is 4.77. The van der Waals surface area contributed by atoms with Crippen LogP contribution in [-0.2, 0) is 13.0 Å². The fourth-order valence-corrected chi connectivity index (χ4v) is 3.00. The molecule has 0 spiro atoms. The quantitative estimate of drug-likeness (QED) is 0.520. The van der Waals surface area contributed by atoms with Crippen LogP contribution in [0.4, 0.5) is 0 Å². The van der Waals surface area contributed by atoms with Gasteiger partial charge in [0.05, 0.1) is 6.54 Å². The highest BCUT2D eigenvalue weighted by molar-refractivity contribution is 5.83. The zero-order chi connectivity index (χ0) is 16.2. The molecule has 0 saturated carbocycles. The Kier molecular flexibility index (Phi) is 5.59. The Hall–Kier alpha value is -2.49. The molecule has 3 nitrogen and oxygen atoms in total. The number of aromatic nitrogens is 1. The number of para-hydroxylation sites is 1. The molecule has 2 heterocycles. The molecule has 0 amide bonds. The lowest BCUT2D eigenvalue weighted by molar-refractivity contribution is -0.00000535. The van der Waals surface area contributed by atoms with Crippen molar-refractivity contribution in [3.05, 3.63) is 84.3 Å². The van der Waals surface area contributed by atoms with Crippen LogP contribution in [0.1, 0.15) is 11.3 Å². The van der Waals surface area contributed by atoms with Crippen molar-refractivity contribution in [3.8, 4) is 11.3 Å². The topological polar surface area (TPSA) is 41.0 Å². The first-order valence-electron chi connectivity index (χ1n) is 8.30. The number of benzene rings is 2. The average molecular weight is 352 g/mol. The molecule has 4 heteroatoms. The number of halogens is 1. The first-order chi connectivity index (χ1) is 11.9. The van der Waals surface area contributed by atoms with E-state index >= 15 is 0 Å². The summed E-state index contributed by atoms with van der Waals surface area (Å²) in [5.41, 5.74) is 3.66. The van der Waals surface area contributed by atoms with E-state index in [2.05, 4.69) is 52.9 Å². The molecule has 128 valence electrons. The van der Waals surface area contributed by atoms with Gasteiger partial charge >= 0.3 is 0 Å². The first-order valence-corrected chi connectivity index (χ1v) is 8.30. The van der Waals surface area contributed by atoms with Gasteiger partial charge in [0.25, 0.3) is 0 Å². The minimum absolute atomic E-state index is 0. The van der Waals surface area contributed by atoms with Crippen LogP contribution < -0.4 is 17.7 Å². The van der Waals surface area contributed by atoms with Crippen molar-refractivity contribution < 1.29 is 16.8 Å². The molecule has 0 aliphatic rings. The summed E-state index contributed by atoms with van der Waals surface area (Å²) in [4.78, 5) is 3.32. The van der Waals surface area contributed by atoms with Crippen LogP contribution in [0.25, 0.3) is 22.2 Å². The first kappa shape index (κ1) is 17.3. The van der Waals surface area contributed by atoms with Crippen molar-refractivity contribution in [2.45, 2.75) is 13.0 Å². The Labute approximate surface area is 153 Å². The second kappa shape index (κ2) is 8.06. The fraction of sp³-hybridized carbons (Fsp3) is 0.143. The van der Waals surface area contributed by atoms with Gasteiger partial charge in [0.15, 0.2) is 0 Å². The summed E-state index contributed by atoms with van der Waals surface area (Å²) in [7, 11) is 0. The van der Waals surface area contributed by atoms with Crippen molar-refractivity contribution in [1.29, 1.82) is 0 Å². The van der Waals surface area contributed by atoms with Crippen LogP contribution in [0.15, 0.2) is 77.3 Å². The van der Waals surface area contributed by atoms with Gasteiger partial charge in [0, 0.05) is 22.7 Å². The molecule has 0 aliphatic carbocycles. The predicted octanol–water partition coefficient (Wildman–Crippen LogP) is 1.76. The van der Waals surface area contributed by atoms with Gasteiger partial charge in [-0.1, -0.05) is 48.5 Å². The summed E-state index contributed by atoms with van der Waals surface area (Å²) in [6, 6.07) is 22.7. The largest absolute Gasteiger partial charge is 1.00 e. The van der Waals surface area contributed by atoms with Crippen molar-refractivity contribution in [3.63, 3.8) is 0 Å². The Bertz CT molecular complexity index is 927. The standard InChI is InChI=1S/C21H20N2O.ClH/c1-2-6-16(7-3-1)21-11-10-18(24-21)15-22-13-12-17-14-23-20-9-5-4-8-19(17)20;/h1-11,14,22-23H,12-13,15H2;1H/p-1. The molecule has 0 fully saturated rings. The Morgan fingerprint density at radius 3 is 2.56 bits per heavy atom. The van der Waals surface area contributed by atoms with Gasteiger partial charge in [-0.25, -0.2) is 0 Å². The number of rotatable bonds is 6. The SMILES string of the molecule is [Cl-].c1ccc(-c2ccc(CNCCc3c[nH]c4ccccc34)o2)cc1. The third kappa shape index (κ3) is 3.95. The van der Waals surface area contributed by atoms with Crippen LogP contribution in [0, 0.1) is 0 Å². The molecule has 25 heavy (non-hydrogen) atoms. The summed E-state index contributed by atoms with van der Waals surface area (Å²) < 4.78 is 5.91. The predicted molar refractivity (Wildman–Crippen MR) is 97.9 cm³/mol. The third-order valence-electron chi connectivity index (χ3n) is 4.27. The molecule has 4 aromatic rings. The van der Waals surface area contributed by atoms with Crippen LogP contribution >= 0.6 is 0 Å². The Morgan fingerprint density at radius 2 is 1.68 bits per heavy atom. The van der Waals surface area contributed by atoms with E-state index in [0.717, 1.165) is 36.6 Å². The minimum Gasteiger partial charge on any atom is -1.00 e. The van der Waals surface area contributed by atoms with Crippen molar-refractivity contribution in [2.24, 2.45) is 0 Å². The van der Waals surface area contributed by atoms with E-state index in [1.807, 2.05) is 30.3 Å². The molecule has 0 saturated heterocycles. The van der Waals surface area contributed by atoms with Crippen molar-refractivity contribution >= 4 is 10.9 Å². The minimum atomic E-state index is 0. The van der Waals surface area contributed by atoms with Gasteiger partial charge in [-0.05, 0) is 36.7 Å². The Morgan fingerprint density at radius 1 is 0.880 bits per heavy atom.